The van der Waals surface area contributed by atoms with Crippen molar-refractivity contribution >= 4 is 32.4 Å². The van der Waals surface area contributed by atoms with Crippen LogP contribution in [0.1, 0.15) is 50.4 Å². The fourth-order valence-electron chi connectivity index (χ4n) is 5.90. The summed E-state index contributed by atoms with van der Waals surface area (Å²) in [6.07, 6.45) is 2.87. The minimum absolute atomic E-state index is 0.0336. The third-order valence-electron chi connectivity index (χ3n) is 6.45. The standard InChI is InChI=1S/C21H24N2O3S/c1-20(2)9-13-10-21(3,11-20)12-23(13)27(25,26)17-8-7-16-18-14(17)5-4-6-15(18)19(24)22-16/h4-8,13H,9-12H2,1-3H3,(H,22,24). The summed E-state index contributed by atoms with van der Waals surface area (Å²) in [6, 6.07) is 8.74. The zero-order chi connectivity index (χ0) is 19.2. The van der Waals surface area contributed by atoms with Gasteiger partial charge in [-0.2, -0.15) is 4.31 Å². The molecule has 2 unspecified atom stereocenters. The van der Waals surface area contributed by atoms with Gasteiger partial charge in [0.2, 0.25) is 10.0 Å². The van der Waals surface area contributed by atoms with E-state index < -0.39 is 10.0 Å². The van der Waals surface area contributed by atoms with Crippen LogP contribution in [0.15, 0.2) is 35.2 Å². The number of nitrogens with zero attached hydrogens (tertiary/aromatic N) is 1. The molecule has 1 saturated carbocycles. The first-order chi connectivity index (χ1) is 12.6. The molecule has 2 aromatic rings. The summed E-state index contributed by atoms with van der Waals surface area (Å²) in [5.74, 6) is -0.170. The van der Waals surface area contributed by atoms with Gasteiger partial charge in [0.1, 0.15) is 0 Å². The first-order valence-corrected chi connectivity index (χ1v) is 10.9. The predicted molar refractivity (Wildman–Crippen MR) is 105 cm³/mol. The summed E-state index contributed by atoms with van der Waals surface area (Å²) in [6.45, 7) is 7.27. The van der Waals surface area contributed by atoms with Crippen LogP contribution >= 0.6 is 0 Å². The second-order valence-corrected chi connectivity index (χ2v) is 11.4. The number of anilines is 1. The molecule has 2 heterocycles. The normalized spacial score (nSPS) is 29.3. The molecule has 2 fully saturated rings. The molecule has 2 aliphatic heterocycles. The largest absolute Gasteiger partial charge is 0.321 e. The van der Waals surface area contributed by atoms with Gasteiger partial charge in [0.05, 0.1) is 4.90 Å². The molecule has 5 rings (SSSR count). The van der Waals surface area contributed by atoms with E-state index in [1.54, 1.807) is 28.6 Å². The Labute approximate surface area is 159 Å². The maximum Gasteiger partial charge on any atom is 0.256 e. The SMILES string of the molecule is CC1(C)CC2CC(C)(CN2S(=O)(=O)c2ccc3c4c(cccc24)C(=O)N3)C1. The molecule has 0 aromatic heterocycles. The smallest absolute Gasteiger partial charge is 0.256 e. The summed E-state index contributed by atoms with van der Waals surface area (Å²) in [7, 11) is -3.64. The zero-order valence-electron chi connectivity index (χ0n) is 15.9. The molecule has 6 heteroatoms. The van der Waals surface area contributed by atoms with E-state index in [0.717, 1.165) is 24.6 Å². The van der Waals surface area contributed by atoms with Crippen LogP contribution in [0, 0.1) is 10.8 Å². The molecule has 3 aliphatic rings. The maximum atomic E-state index is 13.7. The minimum atomic E-state index is -3.64. The van der Waals surface area contributed by atoms with Crippen LogP contribution in [-0.4, -0.2) is 31.2 Å². The highest BCUT2D eigenvalue weighted by Crippen LogP contribution is 2.54. The number of benzene rings is 2. The monoisotopic (exact) mass is 384 g/mol. The Morgan fingerprint density at radius 3 is 2.67 bits per heavy atom. The number of fused-ring (bicyclic) bond motifs is 2. The highest BCUT2D eigenvalue weighted by Gasteiger charge is 2.53. The number of rotatable bonds is 2. The topological polar surface area (TPSA) is 66.5 Å². The highest BCUT2D eigenvalue weighted by atomic mass is 32.2. The van der Waals surface area contributed by atoms with Gasteiger partial charge in [-0.15, -0.1) is 0 Å². The van der Waals surface area contributed by atoms with Crippen molar-refractivity contribution < 1.29 is 13.2 Å². The van der Waals surface area contributed by atoms with Crippen molar-refractivity contribution in [2.75, 3.05) is 11.9 Å². The number of carbonyl (C=O) groups is 1. The first-order valence-electron chi connectivity index (χ1n) is 9.49. The Morgan fingerprint density at radius 1 is 1.11 bits per heavy atom. The van der Waals surface area contributed by atoms with Crippen LogP contribution in [0.3, 0.4) is 0 Å². The fraction of sp³-hybridized carbons (Fsp3) is 0.476. The second kappa shape index (κ2) is 5.11. The minimum Gasteiger partial charge on any atom is -0.321 e. The van der Waals surface area contributed by atoms with Crippen LogP contribution in [0.4, 0.5) is 5.69 Å². The summed E-state index contributed by atoms with van der Waals surface area (Å²) in [4.78, 5) is 12.5. The molecule has 0 spiro atoms. The number of amides is 1. The summed E-state index contributed by atoms with van der Waals surface area (Å²) >= 11 is 0. The van der Waals surface area contributed by atoms with E-state index in [4.69, 9.17) is 0 Å². The molecule has 2 bridgehead atoms. The van der Waals surface area contributed by atoms with Crippen molar-refractivity contribution in [2.24, 2.45) is 10.8 Å². The molecule has 142 valence electrons. The first kappa shape index (κ1) is 17.2. The predicted octanol–water partition coefficient (Wildman–Crippen LogP) is 3.99. The van der Waals surface area contributed by atoms with Crippen molar-refractivity contribution in [1.29, 1.82) is 0 Å². The van der Waals surface area contributed by atoms with Crippen molar-refractivity contribution in [3.8, 4) is 0 Å². The zero-order valence-corrected chi connectivity index (χ0v) is 16.7. The quantitative estimate of drug-likeness (QED) is 0.851. The molecule has 2 aromatic carbocycles. The van der Waals surface area contributed by atoms with Crippen LogP contribution in [-0.2, 0) is 10.0 Å². The molecule has 1 amide bonds. The van der Waals surface area contributed by atoms with Crippen LogP contribution in [0.2, 0.25) is 0 Å². The van der Waals surface area contributed by atoms with E-state index in [-0.39, 0.29) is 22.8 Å². The summed E-state index contributed by atoms with van der Waals surface area (Å²) < 4.78 is 29.1. The van der Waals surface area contributed by atoms with E-state index in [1.165, 1.54) is 0 Å². The average Bonchev–Trinajstić information content (AvgIpc) is 3.02. The summed E-state index contributed by atoms with van der Waals surface area (Å²) in [5, 5.41) is 4.18. The van der Waals surface area contributed by atoms with Gasteiger partial charge in [-0.1, -0.05) is 32.9 Å². The number of hydrogen-bond donors (Lipinski definition) is 1. The van der Waals surface area contributed by atoms with Gasteiger partial charge >= 0.3 is 0 Å². The second-order valence-electron chi connectivity index (χ2n) is 9.56. The third kappa shape index (κ3) is 2.39. The Kier molecular flexibility index (Phi) is 3.26. The fourth-order valence-corrected chi connectivity index (χ4v) is 7.87. The lowest BCUT2D eigenvalue weighted by atomic mass is 9.65. The molecule has 5 nitrogen and oxygen atoms in total. The lowest BCUT2D eigenvalue weighted by Gasteiger charge is -2.39. The lowest BCUT2D eigenvalue weighted by molar-refractivity contribution is 0.103. The van der Waals surface area contributed by atoms with Crippen LogP contribution < -0.4 is 5.32 Å². The molecule has 1 saturated heterocycles. The number of sulfonamides is 1. The van der Waals surface area contributed by atoms with Gasteiger partial charge in [-0.25, -0.2) is 8.42 Å². The van der Waals surface area contributed by atoms with E-state index >= 15 is 0 Å². The van der Waals surface area contributed by atoms with Crippen LogP contribution in [0.25, 0.3) is 10.8 Å². The molecule has 0 radical (unpaired) electrons. The molecule has 1 aliphatic carbocycles. The van der Waals surface area contributed by atoms with E-state index in [0.29, 0.717) is 28.1 Å². The van der Waals surface area contributed by atoms with Gasteiger partial charge in [-0.05, 0) is 48.3 Å². The molecule has 1 N–H and O–H groups in total. The number of carbonyl (C=O) groups excluding carboxylic acids is 1. The van der Waals surface area contributed by atoms with Gasteiger partial charge in [0, 0.05) is 34.6 Å². The third-order valence-corrected chi connectivity index (χ3v) is 8.40. The Morgan fingerprint density at radius 2 is 1.89 bits per heavy atom. The van der Waals surface area contributed by atoms with Crippen molar-refractivity contribution in [3.05, 3.63) is 35.9 Å². The molecule has 27 heavy (non-hydrogen) atoms. The Hall–Kier alpha value is -1.92. The van der Waals surface area contributed by atoms with E-state index in [9.17, 15) is 13.2 Å². The Bertz CT molecular complexity index is 1110. The van der Waals surface area contributed by atoms with Crippen molar-refractivity contribution in [2.45, 2.75) is 51.0 Å². The number of hydrogen-bond acceptors (Lipinski definition) is 3. The van der Waals surface area contributed by atoms with Crippen molar-refractivity contribution in [3.63, 3.8) is 0 Å². The molecular formula is C21H24N2O3S. The van der Waals surface area contributed by atoms with Gasteiger partial charge in [0.15, 0.2) is 0 Å². The molecule has 2 atom stereocenters. The van der Waals surface area contributed by atoms with Crippen molar-refractivity contribution in [1.82, 2.24) is 4.31 Å². The van der Waals surface area contributed by atoms with Gasteiger partial charge in [-0.3, -0.25) is 4.79 Å². The number of nitrogens with one attached hydrogen (secondary N) is 1. The van der Waals surface area contributed by atoms with E-state index in [2.05, 4.69) is 26.1 Å². The van der Waals surface area contributed by atoms with Crippen LogP contribution in [0.5, 0.6) is 0 Å². The lowest BCUT2D eigenvalue weighted by Crippen LogP contribution is -2.37. The van der Waals surface area contributed by atoms with E-state index in [1.807, 2.05) is 6.07 Å². The maximum absolute atomic E-state index is 13.7. The van der Waals surface area contributed by atoms with Gasteiger partial charge < -0.3 is 5.32 Å². The highest BCUT2D eigenvalue weighted by molar-refractivity contribution is 7.89. The molecular weight excluding hydrogens is 360 g/mol. The van der Waals surface area contributed by atoms with Gasteiger partial charge in [0.25, 0.3) is 5.91 Å². The Balaban J connectivity index is 1.66. The summed E-state index contributed by atoms with van der Waals surface area (Å²) in [5.41, 5.74) is 1.43. The average molecular weight is 385 g/mol.